The van der Waals surface area contributed by atoms with Gasteiger partial charge in [0.05, 0.1) is 7.11 Å². The number of fused-ring (bicyclic) bond motifs is 2. The van der Waals surface area contributed by atoms with E-state index in [1.165, 1.54) is 11.1 Å². The van der Waals surface area contributed by atoms with Crippen LogP contribution in [0.5, 0.6) is 17.2 Å². The van der Waals surface area contributed by atoms with E-state index in [4.69, 9.17) is 9.47 Å². The van der Waals surface area contributed by atoms with E-state index in [2.05, 4.69) is 30.1 Å². The molecule has 0 aromatic heterocycles. The molecule has 0 saturated carbocycles. The molecule has 0 saturated heterocycles. The van der Waals surface area contributed by atoms with Crippen LogP contribution in [0.3, 0.4) is 0 Å². The highest BCUT2D eigenvalue weighted by Gasteiger charge is 2.13. The maximum atomic E-state index is 6.20. The molecule has 0 atom stereocenters. The Bertz CT molecular complexity index is 624. The van der Waals surface area contributed by atoms with Gasteiger partial charge in [-0.15, -0.1) is 0 Å². The number of hydrogen-bond donors (Lipinski definition) is 0. The van der Waals surface area contributed by atoms with Crippen molar-refractivity contribution in [3.63, 3.8) is 0 Å². The Hall–Kier alpha value is -2.00. The molecule has 110 valence electrons. The van der Waals surface area contributed by atoms with Gasteiger partial charge in [0.2, 0.25) is 0 Å². The van der Waals surface area contributed by atoms with Gasteiger partial charge < -0.3 is 14.4 Å². The molecule has 0 bridgehead atoms. The topological polar surface area (TPSA) is 21.7 Å². The van der Waals surface area contributed by atoms with E-state index in [0.717, 1.165) is 43.2 Å². The molecule has 3 heteroatoms. The maximum Gasteiger partial charge on any atom is 0.134 e. The van der Waals surface area contributed by atoms with E-state index in [1.54, 1.807) is 7.11 Å². The first-order chi connectivity index (χ1) is 10.3. The number of nitrogens with zero attached hydrogens (tertiary/aromatic N) is 1. The third-order valence-electron chi connectivity index (χ3n) is 3.99. The fraction of sp³-hybridized carbons (Fsp3) is 0.333. The largest absolute Gasteiger partial charge is 0.497 e. The SMILES string of the molecule is COc1ccc2c(c1)Oc1ccccc1CCN(C)CC2. The average Bonchev–Trinajstić information content (AvgIpc) is 2.52. The van der Waals surface area contributed by atoms with E-state index in [1.807, 2.05) is 24.3 Å². The summed E-state index contributed by atoms with van der Waals surface area (Å²) in [6, 6.07) is 14.4. The van der Waals surface area contributed by atoms with Crippen molar-refractivity contribution in [3.8, 4) is 17.2 Å². The smallest absolute Gasteiger partial charge is 0.134 e. The first-order valence-corrected chi connectivity index (χ1v) is 7.37. The number of hydrogen-bond acceptors (Lipinski definition) is 3. The number of para-hydroxylation sites is 1. The molecule has 0 fully saturated rings. The van der Waals surface area contributed by atoms with Crippen LogP contribution in [0.15, 0.2) is 42.5 Å². The lowest BCUT2D eigenvalue weighted by molar-refractivity contribution is 0.334. The monoisotopic (exact) mass is 283 g/mol. The molecule has 0 aliphatic carbocycles. The molecule has 3 nitrogen and oxygen atoms in total. The molecule has 1 aliphatic rings. The number of benzene rings is 2. The summed E-state index contributed by atoms with van der Waals surface area (Å²) in [5, 5.41) is 0. The van der Waals surface area contributed by atoms with E-state index in [0.29, 0.717) is 0 Å². The Morgan fingerprint density at radius 3 is 2.43 bits per heavy atom. The Morgan fingerprint density at radius 1 is 0.952 bits per heavy atom. The zero-order chi connectivity index (χ0) is 14.7. The van der Waals surface area contributed by atoms with Crippen LogP contribution in [0.1, 0.15) is 11.1 Å². The molecule has 0 spiro atoms. The summed E-state index contributed by atoms with van der Waals surface area (Å²) < 4.78 is 11.5. The lowest BCUT2D eigenvalue weighted by Crippen LogP contribution is -2.24. The second-order valence-electron chi connectivity index (χ2n) is 5.49. The Morgan fingerprint density at radius 2 is 1.67 bits per heavy atom. The number of ether oxygens (including phenoxy) is 2. The molecule has 0 N–H and O–H groups in total. The van der Waals surface area contributed by atoms with Gasteiger partial charge in [0.25, 0.3) is 0 Å². The predicted molar refractivity (Wildman–Crippen MR) is 84.4 cm³/mol. The normalized spacial score (nSPS) is 15.5. The van der Waals surface area contributed by atoms with Crippen molar-refractivity contribution < 1.29 is 9.47 Å². The van der Waals surface area contributed by atoms with E-state index < -0.39 is 0 Å². The summed E-state index contributed by atoms with van der Waals surface area (Å²) in [4.78, 5) is 2.37. The van der Waals surface area contributed by atoms with Crippen LogP contribution in [0.4, 0.5) is 0 Å². The van der Waals surface area contributed by atoms with Crippen molar-refractivity contribution in [2.45, 2.75) is 12.8 Å². The Balaban J connectivity index is 2.02. The second kappa shape index (κ2) is 6.19. The zero-order valence-electron chi connectivity index (χ0n) is 12.6. The van der Waals surface area contributed by atoms with Gasteiger partial charge in [-0.3, -0.25) is 0 Å². The molecule has 21 heavy (non-hydrogen) atoms. The van der Waals surface area contributed by atoms with Gasteiger partial charge in [-0.25, -0.2) is 0 Å². The molecule has 0 unspecified atom stereocenters. The average molecular weight is 283 g/mol. The third-order valence-corrected chi connectivity index (χ3v) is 3.99. The van der Waals surface area contributed by atoms with Crippen LogP contribution in [0, 0.1) is 0 Å². The van der Waals surface area contributed by atoms with Gasteiger partial charge in [-0.05, 0) is 43.1 Å². The van der Waals surface area contributed by atoms with Gasteiger partial charge in [0.1, 0.15) is 17.2 Å². The van der Waals surface area contributed by atoms with Crippen LogP contribution in [-0.2, 0) is 12.8 Å². The van der Waals surface area contributed by atoms with Gasteiger partial charge in [-0.2, -0.15) is 0 Å². The highest BCUT2D eigenvalue weighted by molar-refractivity contribution is 5.45. The standard InChI is InChI=1S/C18H21NO2/c1-19-11-9-14-5-3-4-6-17(14)21-18-13-16(20-2)8-7-15(18)10-12-19/h3-8,13H,9-12H2,1-2H3. The first kappa shape index (κ1) is 14.0. The second-order valence-corrected chi connectivity index (χ2v) is 5.49. The van der Waals surface area contributed by atoms with Crippen LogP contribution < -0.4 is 9.47 Å². The van der Waals surface area contributed by atoms with Crippen molar-refractivity contribution in [1.82, 2.24) is 4.90 Å². The molecule has 2 aromatic carbocycles. The molecule has 1 aliphatic heterocycles. The van der Waals surface area contributed by atoms with Gasteiger partial charge >= 0.3 is 0 Å². The predicted octanol–water partition coefficient (Wildman–Crippen LogP) is 3.52. The van der Waals surface area contributed by atoms with Crippen LogP contribution >= 0.6 is 0 Å². The number of likely N-dealkylation sites (N-methyl/N-ethyl adjacent to an activating group) is 1. The van der Waals surface area contributed by atoms with Crippen molar-refractivity contribution in [1.29, 1.82) is 0 Å². The Labute approximate surface area is 126 Å². The molecular formula is C18H21NO2. The van der Waals surface area contributed by atoms with Crippen molar-refractivity contribution in [2.24, 2.45) is 0 Å². The molecular weight excluding hydrogens is 262 g/mol. The van der Waals surface area contributed by atoms with Gasteiger partial charge in [-0.1, -0.05) is 24.3 Å². The van der Waals surface area contributed by atoms with Crippen LogP contribution in [0.25, 0.3) is 0 Å². The van der Waals surface area contributed by atoms with Gasteiger partial charge in [0.15, 0.2) is 0 Å². The van der Waals surface area contributed by atoms with E-state index in [-0.39, 0.29) is 0 Å². The molecule has 0 amide bonds. The molecule has 0 radical (unpaired) electrons. The summed E-state index contributed by atoms with van der Waals surface area (Å²) in [5.41, 5.74) is 2.47. The summed E-state index contributed by atoms with van der Waals surface area (Å²) in [7, 11) is 3.86. The number of rotatable bonds is 1. The highest BCUT2D eigenvalue weighted by Crippen LogP contribution is 2.32. The summed E-state index contributed by atoms with van der Waals surface area (Å²) in [5.74, 6) is 2.68. The minimum absolute atomic E-state index is 0.830. The summed E-state index contributed by atoms with van der Waals surface area (Å²) >= 11 is 0. The minimum atomic E-state index is 0.830. The summed E-state index contributed by atoms with van der Waals surface area (Å²) in [6.45, 7) is 2.08. The molecule has 2 aromatic rings. The lowest BCUT2D eigenvalue weighted by atomic mass is 10.1. The van der Waals surface area contributed by atoms with E-state index >= 15 is 0 Å². The quantitative estimate of drug-likeness (QED) is 0.799. The molecule has 1 heterocycles. The molecule has 3 rings (SSSR count). The van der Waals surface area contributed by atoms with E-state index in [9.17, 15) is 0 Å². The fourth-order valence-corrected chi connectivity index (χ4v) is 2.63. The van der Waals surface area contributed by atoms with Gasteiger partial charge in [0, 0.05) is 19.2 Å². The summed E-state index contributed by atoms with van der Waals surface area (Å²) in [6.07, 6.45) is 1.99. The zero-order valence-corrected chi connectivity index (χ0v) is 12.6. The first-order valence-electron chi connectivity index (χ1n) is 7.37. The van der Waals surface area contributed by atoms with Crippen molar-refractivity contribution >= 4 is 0 Å². The Kier molecular flexibility index (Phi) is 4.11. The van der Waals surface area contributed by atoms with Crippen LogP contribution in [0.2, 0.25) is 0 Å². The maximum absolute atomic E-state index is 6.20. The minimum Gasteiger partial charge on any atom is -0.497 e. The van der Waals surface area contributed by atoms with Crippen LogP contribution in [-0.4, -0.2) is 32.1 Å². The number of methoxy groups -OCH3 is 1. The fourth-order valence-electron chi connectivity index (χ4n) is 2.63. The van der Waals surface area contributed by atoms with Crippen molar-refractivity contribution in [3.05, 3.63) is 53.6 Å². The third kappa shape index (κ3) is 3.19. The van der Waals surface area contributed by atoms with Crippen molar-refractivity contribution in [2.75, 3.05) is 27.2 Å². The lowest BCUT2D eigenvalue weighted by Gasteiger charge is -2.22. The highest BCUT2D eigenvalue weighted by atomic mass is 16.5.